The second-order valence-electron chi connectivity index (χ2n) is 5.00. The van der Waals surface area contributed by atoms with Crippen LogP contribution in [0, 0.1) is 0 Å². The van der Waals surface area contributed by atoms with Crippen LogP contribution in [0.1, 0.15) is 5.56 Å². The van der Waals surface area contributed by atoms with Gasteiger partial charge in [-0.05, 0) is 35.9 Å². The van der Waals surface area contributed by atoms with E-state index in [2.05, 4.69) is 5.32 Å². The number of nitrogens with one attached hydrogen (secondary N) is 1. The van der Waals surface area contributed by atoms with Gasteiger partial charge < -0.3 is 4.74 Å². The minimum Gasteiger partial charge on any atom is -0.444 e. The molecule has 1 amide bonds. The van der Waals surface area contributed by atoms with Crippen LogP contribution >= 0.6 is 11.6 Å². The summed E-state index contributed by atoms with van der Waals surface area (Å²) in [4.78, 5) is 11.8. The lowest BCUT2D eigenvalue weighted by molar-refractivity contribution is 0.173. The van der Waals surface area contributed by atoms with Crippen LogP contribution in [0.5, 0.6) is 0 Å². The zero-order chi connectivity index (χ0) is 17.6. The maximum absolute atomic E-state index is 11.8. The van der Waals surface area contributed by atoms with Crippen molar-refractivity contribution in [2.75, 3.05) is 18.2 Å². The Hall–Kier alpha value is -2.31. The largest absolute Gasteiger partial charge is 0.444 e. The topological polar surface area (TPSA) is 72.5 Å². The Morgan fingerprint density at radius 2 is 1.75 bits per heavy atom. The molecule has 0 aliphatic carbocycles. The molecule has 2 rings (SSSR count). The number of amides is 1. The first-order valence-corrected chi connectivity index (χ1v) is 9.26. The molecule has 2 aromatic rings. The lowest BCUT2D eigenvalue weighted by Crippen LogP contribution is -2.17. The first kappa shape index (κ1) is 18.0. The third-order valence-corrected chi connectivity index (χ3v) is 4.48. The summed E-state index contributed by atoms with van der Waals surface area (Å²) >= 11 is 5.76. The van der Waals surface area contributed by atoms with Crippen molar-refractivity contribution in [2.24, 2.45) is 0 Å². The minimum absolute atomic E-state index is 0.0138. The van der Waals surface area contributed by atoms with Crippen molar-refractivity contribution in [3.05, 3.63) is 70.1 Å². The summed E-state index contributed by atoms with van der Waals surface area (Å²) in [6, 6.07) is 15.4. The summed E-state index contributed by atoms with van der Waals surface area (Å²) in [5.74, 6) is 0. The van der Waals surface area contributed by atoms with E-state index in [1.165, 1.54) is 6.08 Å². The van der Waals surface area contributed by atoms with E-state index < -0.39 is 15.9 Å². The van der Waals surface area contributed by atoms with Crippen molar-refractivity contribution >= 4 is 39.3 Å². The molecular formula is C17H16ClNO4S. The van der Waals surface area contributed by atoms with E-state index >= 15 is 0 Å². The predicted molar refractivity (Wildman–Crippen MR) is 95.7 cm³/mol. The maximum atomic E-state index is 11.8. The fraction of sp³-hybridized carbons (Fsp3) is 0.118. The van der Waals surface area contributed by atoms with Crippen LogP contribution < -0.4 is 5.32 Å². The van der Waals surface area contributed by atoms with Crippen LogP contribution in [0.15, 0.2) is 59.5 Å². The highest BCUT2D eigenvalue weighted by atomic mass is 35.5. The van der Waals surface area contributed by atoms with Crippen LogP contribution in [-0.2, 0) is 14.6 Å². The summed E-state index contributed by atoms with van der Waals surface area (Å²) < 4.78 is 28.7. The third-order valence-electron chi connectivity index (χ3n) is 3.04. The van der Waals surface area contributed by atoms with Gasteiger partial charge in [0.1, 0.15) is 6.61 Å². The third kappa shape index (κ3) is 5.72. The molecule has 5 nitrogen and oxygen atoms in total. The summed E-state index contributed by atoms with van der Waals surface area (Å²) in [5.41, 5.74) is 1.21. The summed E-state index contributed by atoms with van der Waals surface area (Å²) in [5, 5.41) is 3.04. The molecule has 0 aliphatic heterocycles. The van der Waals surface area contributed by atoms with Gasteiger partial charge in [0, 0.05) is 17.0 Å². The normalized spacial score (nSPS) is 11.8. The average molecular weight is 366 g/mol. The average Bonchev–Trinajstić information content (AvgIpc) is 2.53. The van der Waals surface area contributed by atoms with Crippen molar-refractivity contribution in [2.45, 2.75) is 0 Å². The van der Waals surface area contributed by atoms with E-state index in [9.17, 15) is 13.2 Å². The molecule has 0 aromatic heterocycles. The number of hydrogen-bond donors (Lipinski definition) is 1. The van der Waals surface area contributed by atoms with E-state index in [4.69, 9.17) is 16.3 Å². The van der Waals surface area contributed by atoms with E-state index in [0.717, 1.165) is 6.26 Å². The lowest BCUT2D eigenvalue weighted by atomic mass is 10.2. The number of carbonyl (C=O) groups excluding carboxylic acids is 1. The summed E-state index contributed by atoms with van der Waals surface area (Å²) in [6.45, 7) is -0.354. The molecule has 0 spiro atoms. The number of sulfone groups is 1. The zero-order valence-electron chi connectivity index (χ0n) is 12.9. The Morgan fingerprint density at radius 3 is 2.33 bits per heavy atom. The van der Waals surface area contributed by atoms with Gasteiger partial charge in [-0.3, -0.25) is 5.32 Å². The molecule has 24 heavy (non-hydrogen) atoms. The number of rotatable bonds is 5. The Labute approximate surface area is 145 Å². The van der Waals surface area contributed by atoms with Gasteiger partial charge in [0.25, 0.3) is 0 Å². The first-order valence-electron chi connectivity index (χ1n) is 6.99. The number of benzene rings is 2. The fourth-order valence-corrected chi connectivity index (χ4v) is 2.56. The number of carbonyl (C=O) groups is 1. The Morgan fingerprint density at radius 1 is 1.12 bits per heavy atom. The molecule has 0 fully saturated rings. The molecule has 2 aromatic carbocycles. The predicted octanol–water partition coefficient (Wildman–Crippen LogP) is 3.97. The number of anilines is 1. The standard InChI is InChI=1S/C17H16ClNO4S/c1-24(21,22)16(11-13-5-3-2-4-6-13)12-23-17(20)19-15-9-7-14(18)8-10-15/h2-11H,12H2,1H3,(H,19,20)/b16-11+. The van der Waals surface area contributed by atoms with Gasteiger partial charge in [-0.1, -0.05) is 41.9 Å². The molecule has 0 radical (unpaired) electrons. The molecule has 0 bridgehead atoms. The van der Waals surface area contributed by atoms with Crippen LogP contribution in [0.25, 0.3) is 6.08 Å². The zero-order valence-corrected chi connectivity index (χ0v) is 14.5. The Kier molecular flexibility index (Phi) is 6.00. The van der Waals surface area contributed by atoms with Crippen molar-refractivity contribution in [1.82, 2.24) is 0 Å². The Bertz CT molecular complexity index is 831. The smallest absolute Gasteiger partial charge is 0.411 e. The molecule has 0 saturated heterocycles. The molecule has 7 heteroatoms. The Balaban J connectivity index is 2.04. The summed E-state index contributed by atoms with van der Waals surface area (Å²) in [7, 11) is -3.50. The van der Waals surface area contributed by atoms with Crippen molar-refractivity contribution in [1.29, 1.82) is 0 Å². The maximum Gasteiger partial charge on any atom is 0.411 e. The lowest BCUT2D eigenvalue weighted by Gasteiger charge is -2.09. The molecule has 1 N–H and O–H groups in total. The van der Waals surface area contributed by atoms with Gasteiger partial charge in [-0.15, -0.1) is 0 Å². The van der Waals surface area contributed by atoms with Crippen LogP contribution in [-0.4, -0.2) is 27.4 Å². The van der Waals surface area contributed by atoms with E-state index in [1.54, 1.807) is 48.5 Å². The molecule has 0 atom stereocenters. The van der Waals surface area contributed by atoms with Crippen LogP contribution in [0.2, 0.25) is 5.02 Å². The molecular weight excluding hydrogens is 350 g/mol. The second-order valence-corrected chi connectivity index (χ2v) is 7.51. The van der Waals surface area contributed by atoms with Crippen molar-refractivity contribution < 1.29 is 17.9 Å². The second kappa shape index (κ2) is 7.99. The van der Waals surface area contributed by atoms with Gasteiger partial charge >= 0.3 is 6.09 Å². The molecule has 0 unspecified atom stereocenters. The van der Waals surface area contributed by atoms with E-state index in [0.29, 0.717) is 16.3 Å². The van der Waals surface area contributed by atoms with Crippen LogP contribution in [0.3, 0.4) is 0 Å². The van der Waals surface area contributed by atoms with Gasteiger partial charge in [0.05, 0.1) is 4.91 Å². The SMILES string of the molecule is CS(=O)(=O)/C(=C/c1ccccc1)COC(=O)Nc1ccc(Cl)cc1. The highest BCUT2D eigenvalue weighted by Gasteiger charge is 2.14. The highest BCUT2D eigenvalue weighted by Crippen LogP contribution is 2.15. The van der Waals surface area contributed by atoms with Gasteiger partial charge in [0.2, 0.25) is 0 Å². The minimum atomic E-state index is -3.50. The molecule has 0 heterocycles. The fourth-order valence-electron chi connectivity index (χ4n) is 1.81. The number of ether oxygens (including phenoxy) is 1. The molecule has 0 saturated carbocycles. The highest BCUT2D eigenvalue weighted by molar-refractivity contribution is 7.94. The van der Waals surface area contributed by atoms with Crippen molar-refractivity contribution in [3.8, 4) is 0 Å². The number of hydrogen-bond acceptors (Lipinski definition) is 4. The van der Waals surface area contributed by atoms with Gasteiger partial charge in [-0.25, -0.2) is 13.2 Å². The van der Waals surface area contributed by atoms with Gasteiger partial charge in [-0.2, -0.15) is 0 Å². The van der Waals surface area contributed by atoms with E-state index in [1.807, 2.05) is 6.07 Å². The first-order chi connectivity index (χ1) is 11.3. The monoisotopic (exact) mass is 365 g/mol. The van der Waals surface area contributed by atoms with Gasteiger partial charge in [0.15, 0.2) is 9.84 Å². The quantitative estimate of drug-likeness (QED) is 0.870. The summed E-state index contributed by atoms with van der Waals surface area (Å²) in [6.07, 6.45) is 1.80. The molecule has 0 aliphatic rings. The number of halogens is 1. The van der Waals surface area contributed by atoms with Crippen LogP contribution in [0.4, 0.5) is 10.5 Å². The van der Waals surface area contributed by atoms with Crippen molar-refractivity contribution in [3.63, 3.8) is 0 Å². The molecule has 126 valence electrons. The van der Waals surface area contributed by atoms with E-state index in [-0.39, 0.29) is 11.5 Å².